The van der Waals surface area contributed by atoms with Gasteiger partial charge in [0.15, 0.2) is 0 Å². The second kappa shape index (κ2) is 9.26. The SMILES string of the molecule is Cc1cc(I)ccc1NC(=O)CCC(=O)NN=Cc1ccccc1F. The average Bonchev–Trinajstić information content (AvgIpc) is 2.57. The first kappa shape index (κ1) is 19.0. The number of hydrazone groups is 1. The molecule has 25 heavy (non-hydrogen) atoms. The summed E-state index contributed by atoms with van der Waals surface area (Å²) >= 11 is 2.20. The van der Waals surface area contributed by atoms with E-state index >= 15 is 0 Å². The highest BCUT2D eigenvalue weighted by atomic mass is 127. The summed E-state index contributed by atoms with van der Waals surface area (Å²) in [6, 6.07) is 11.8. The van der Waals surface area contributed by atoms with Crippen molar-refractivity contribution in [3.63, 3.8) is 0 Å². The number of benzene rings is 2. The van der Waals surface area contributed by atoms with Crippen molar-refractivity contribution < 1.29 is 14.0 Å². The van der Waals surface area contributed by atoms with Gasteiger partial charge in [-0.05, 0) is 59.3 Å². The molecule has 0 aliphatic heterocycles. The van der Waals surface area contributed by atoms with Gasteiger partial charge in [0.05, 0.1) is 6.21 Å². The fraction of sp³-hybridized carbons (Fsp3) is 0.167. The van der Waals surface area contributed by atoms with Crippen LogP contribution in [0.5, 0.6) is 0 Å². The third-order valence-corrected chi connectivity index (χ3v) is 4.01. The third kappa shape index (κ3) is 6.26. The summed E-state index contributed by atoms with van der Waals surface area (Å²) in [5.74, 6) is -1.09. The number of halogens is 2. The first-order chi connectivity index (χ1) is 12.0. The average molecular weight is 453 g/mol. The molecule has 7 heteroatoms. The summed E-state index contributed by atoms with van der Waals surface area (Å²) in [5.41, 5.74) is 4.24. The molecule has 2 N–H and O–H groups in total. The maximum Gasteiger partial charge on any atom is 0.240 e. The summed E-state index contributed by atoms with van der Waals surface area (Å²) in [4.78, 5) is 23.6. The molecule has 0 atom stereocenters. The van der Waals surface area contributed by atoms with E-state index in [0.717, 1.165) is 14.8 Å². The van der Waals surface area contributed by atoms with Crippen molar-refractivity contribution in [1.29, 1.82) is 0 Å². The minimum Gasteiger partial charge on any atom is -0.326 e. The van der Waals surface area contributed by atoms with E-state index in [4.69, 9.17) is 0 Å². The summed E-state index contributed by atoms with van der Waals surface area (Å²) < 4.78 is 14.5. The Labute approximate surface area is 158 Å². The molecule has 0 aliphatic carbocycles. The number of carbonyl (C=O) groups is 2. The molecule has 130 valence electrons. The number of hydrogen-bond acceptors (Lipinski definition) is 3. The van der Waals surface area contributed by atoms with Gasteiger partial charge in [0.2, 0.25) is 11.8 Å². The van der Waals surface area contributed by atoms with Crippen LogP contribution in [0.15, 0.2) is 47.6 Å². The zero-order valence-electron chi connectivity index (χ0n) is 13.6. The summed E-state index contributed by atoms with van der Waals surface area (Å²) in [5, 5.41) is 6.46. The van der Waals surface area contributed by atoms with Crippen LogP contribution in [0.3, 0.4) is 0 Å². The minimum absolute atomic E-state index is 0.0101. The number of nitrogens with zero attached hydrogens (tertiary/aromatic N) is 1. The molecule has 0 radical (unpaired) electrons. The molecule has 2 aromatic rings. The van der Waals surface area contributed by atoms with Crippen molar-refractivity contribution in [3.05, 3.63) is 63.0 Å². The molecule has 5 nitrogen and oxygen atoms in total. The van der Waals surface area contributed by atoms with Gasteiger partial charge in [-0.2, -0.15) is 5.10 Å². The Morgan fingerprint density at radius 1 is 1.16 bits per heavy atom. The summed E-state index contributed by atoms with van der Waals surface area (Å²) in [6.45, 7) is 1.90. The van der Waals surface area contributed by atoms with Crippen molar-refractivity contribution >= 4 is 46.3 Å². The Morgan fingerprint density at radius 2 is 1.88 bits per heavy atom. The number of amides is 2. The molecular weight excluding hydrogens is 436 g/mol. The summed E-state index contributed by atoms with van der Waals surface area (Å²) in [6.07, 6.45) is 1.25. The van der Waals surface area contributed by atoms with Crippen molar-refractivity contribution in [2.45, 2.75) is 19.8 Å². The molecule has 2 aromatic carbocycles. The van der Waals surface area contributed by atoms with E-state index in [-0.39, 0.29) is 24.3 Å². The second-order valence-corrected chi connectivity index (χ2v) is 6.57. The van der Waals surface area contributed by atoms with E-state index in [0.29, 0.717) is 0 Å². The highest BCUT2D eigenvalue weighted by molar-refractivity contribution is 14.1. The molecule has 2 amide bonds. The fourth-order valence-electron chi connectivity index (χ4n) is 2.02. The quantitative estimate of drug-likeness (QED) is 0.399. The van der Waals surface area contributed by atoms with Gasteiger partial charge < -0.3 is 5.32 Å². The number of anilines is 1. The molecule has 0 saturated heterocycles. The van der Waals surface area contributed by atoms with Gasteiger partial charge >= 0.3 is 0 Å². The van der Waals surface area contributed by atoms with Crippen LogP contribution in [0.1, 0.15) is 24.0 Å². The standard InChI is InChI=1S/C18H17FIN3O2/c1-12-10-14(20)6-7-16(12)22-17(24)8-9-18(25)23-21-11-13-4-2-3-5-15(13)19/h2-7,10-11H,8-9H2,1H3,(H,22,24)(H,23,25). The molecule has 0 saturated carbocycles. The van der Waals surface area contributed by atoms with Gasteiger partial charge in [-0.1, -0.05) is 18.2 Å². The smallest absolute Gasteiger partial charge is 0.240 e. The van der Waals surface area contributed by atoms with Gasteiger partial charge in [-0.15, -0.1) is 0 Å². The van der Waals surface area contributed by atoms with E-state index in [9.17, 15) is 14.0 Å². The topological polar surface area (TPSA) is 70.6 Å². The van der Waals surface area contributed by atoms with E-state index < -0.39 is 11.7 Å². The van der Waals surface area contributed by atoms with E-state index in [1.807, 2.05) is 25.1 Å². The van der Waals surface area contributed by atoms with Crippen molar-refractivity contribution in [1.82, 2.24) is 5.43 Å². The lowest BCUT2D eigenvalue weighted by Gasteiger charge is -2.08. The highest BCUT2D eigenvalue weighted by Gasteiger charge is 2.08. The number of carbonyl (C=O) groups excluding carboxylic acids is 2. The first-order valence-corrected chi connectivity index (χ1v) is 8.66. The van der Waals surface area contributed by atoms with Crippen molar-refractivity contribution in [2.75, 3.05) is 5.32 Å². The highest BCUT2D eigenvalue weighted by Crippen LogP contribution is 2.17. The number of rotatable bonds is 6. The molecule has 2 rings (SSSR count). The number of hydrogen-bond donors (Lipinski definition) is 2. The molecule has 0 bridgehead atoms. The zero-order valence-corrected chi connectivity index (χ0v) is 15.7. The molecule has 0 aromatic heterocycles. The fourth-order valence-corrected chi connectivity index (χ4v) is 2.66. The first-order valence-electron chi connectivity index (χ1n) is 7.58. The van der Waals surface area contributed by atoms with Crippen LogP contribution in [0, 0.1) is 16.3 Å². The molecular formula is C18H17FIN3O2. The predicted octanol–water partition coefficient (Wildman–Crippen LogP) is 3.61. The van der Waals surface area contributed by atoms with Crippen LogP contribution in [-0.2, 0) is 9.59 Å². The van der Waals surface area contributed by atoms with Crippen LogP contribution in [0.25, 0.3) is 0 Å². The molecule has 0 spiro atoms. The van der Waals surface area contributed by atoms with Crippen LogP contribution in [-0.4, -0.2) is 18.0 Å². The molecule has 0 heterocycles. The largest absolute Gasteiger partial charge is 0.326 e. The number of aryl methyl sites for hydroxylation is 1. The van der Waals surface area contributed by atoms with E-state index in [1.165, 1.54) is 12.3 Å². The Balaban J connectivity index is 1.77. The lowest BCUT2D eigenvalue weighted by atomic mass is 10.2. The minimum atomic E-state index is -0.423. The van der Waals surface area contributed by atoms with Gasteiger partial charge in [0.25, 0.3) is 0 Å². The third-order valence-electron chi connectivity index (χ3n) is 3.34. The Kier molecular flexibility index (Phi) is 7.05. The van der Waals surface area contributed by atoms with Gasteiger partial charge in [-0.25, -0.2) is 9.82 Å². The van der Waals surface area contributed by atoms with Crippen molar-refractivity contribution in [3.8, 4) is 0 Å². The van der Waals surface area contributed by atoms with Crippen molar-refractivity contribution in [2.24, 2.45) is 5.10 Å². The second-order valence-electron chi connectivity index (χ2n) is 5.32. The lowest BCUT2D eigenvalue weighted by molar-refractivity contribution is -0.124. The van der Waals surface area contributed by atoms with Crippen LogP contribution in [0.4, 0.5) is 10.1 Å². The summed E-state index contributed by atoms with van der Waals surface area (Å²) in [7, 11) is 0. The van der Waals surface area contributed by atoms with Crippen LogP contribution in [0.2, 0.25) is 0 Å². The van der Waals surface area contributed by atoms with Crippen LogP contribution < -0.4 is 10.7 Å². The lowest BCUT2D eigenvalue weighted by Crippen LogP contribution is -2.21. The Morgan fingerprint density at radius 3 is 2.60 bits per heavy atom. The normalized spacial score (nSPS) is 10.7. The molecule has 0 unspecified atom stereocenters. The Hall–Kier alpha value is -2.29. The monoisotopic (exact) mass is 453 g/mol. The van der Waals surface area contributed by atoms with Crippen LogP contribution >= 0.6 is 22.6 Å². The Bertz CT molecular complexity index is 809. The molecule has 0 aliphatic rings. The maximum absolute atomic E-state index is 13.4. The zero-order chi connectivity index (χ0) is 18.2. The van der Waals surface area contributed by atoms with Gasteiger partial charge in [0, 0.05) is 27.7 Å². The van der Waals surface area contributed by atoms with E-state index in [1.54, 1.807) is 18.2 Å². The number of nitrogens with one attached hydrogen (secondary N) is 2. The van der Waals surface area contributed by atoms with E-state index in [2.05, 4.69) is 38.4 Å². The van der Waals surface area contributed by atoms with Gasteiger partial charge in [-0.3, -0.25) is 9.59 Å². The maximum atomic E-state index is 13.4. The molecule has 0 fully saturated rings. The van der Waals surface area contributed by atoms with Gasteiger partial charge in [0.1, 0.15) is 5.82 Å². The predicted molar refractivity (Wildman–Crippen MR) is 104 cm³/mol.